The van der Waals surface area contributed by atoms with Gasteiger partial charge in [-0.25, -0.2) is 9.97 Å². The van der Waals surface area contributed by atoms with Gasteiger partial charge in [-0.15, -0.1) is 6.42 Å². The summed E-state index contributed by atoms with van der Waals surface area (Å²) in [4.78, 5) is 9.75. The molecule has 168 valence electrons. The Balaban J connectivity index is 1.31. The molecule has 0 saturated heterocycles. The fraction of sp³-hybridized carbons (Fsp3) is 0.517. The molecule has 6 atom stereocenters. The minimum Gasteiger partial charge on any atom is -0.377 e. The summed E-state index contributed by atoms with van der Waals surface area (Å²) in [5.41, 5.74) is 5.20. The Bertz CT molecular complexity index is 1400. The number of benzene rings is 1. The van der Waals surface area contributed by atoms with Gasteiger partial charge in [0, 0.05) is 11.6 Å². The maximum absolute atomic E-state index is 11.3. The number of aliphatic hydroxyl groups is 1. The Morgan fingerprint density at radius 1 is 1.09 bits per heavy atom. The molecule has 3 saturated carbocycles. The number of rotatable bonds is 0. The average molecular weight is 438 g/mol. The molecular formula is C29H31N3O. The minimum absolute atomic E-state index is 0.142. The van der Waals surface area contributed by atoms with E-state index in [4.69, 9.17) is 16.4 Å². The second kappa shape index (κ2) is 6.27. The average Bonchev–Trinajstić information content (AvgIpc) is 3.30. The summed E-state index contributed by atoms with van der Waals surface area (Å²) in [7, 11) is 0. The van der Waals surface area contributed by atoms with Crippen molar-refractivity contribution in [2.45, 2.75) is 64.4 Å². The summed E-state index contributed by atoms with van der Waals surface area (Å²) in [6, 6.07) is 8.29. The molecule has 0 spiro atoms. The number of nitrogens with zero attached hydrogens (tertiary/aromatic N) is 3. The van der Waals surface area contributed by atoms with E-state index >= 15 is 0 Å². The highest BCUT2D eigenvalue weighted by molar-refractivity contribution is 5.80. The van der Waals surface area contributed by atoms with Gasteiger partial charge < -0.3 is 5.11 Å². The summed E-state index contributed by atoms with van der Waals surface area (Å²) in [5, 5.41) is 11.3. The van der Waals surface area contributed by atoms with Gasteiger partial charge in [0.15, 0.2) is 0 Å². The van der Waals surface area contributed by atoms with E-state index in [0.717, 1.165) is 61.0 Å². The second-order valence-corrected chi connectivity index (χ2v) is 11.6. The fourth-order valence-corrected chi connectivity index (χ4v) is 8.52. The molecule has 4 aliphatic rings. The number of hydrogen-bond donors (Lipinski definition) is 1. The van der Waals surface area contributed by atoms with Crippen molar-refractivity contribution in [3.05, 3.63) is 47.3 Å². The van der Waals surface area contributed by atoms with E-state index in [1.54, 1.807) is 5.57 Å². The van der Waals surface area contributed by atoms with E-state index in [1.165, 1.54) is 12.0 Å². The Labute approximate surface area is 195 Å². The molecular weight excluding hydrogens is 406 g/mol. The molecule has 0 unspecified atom stereocenters. The first-order valence-corrected chi connectivity index (χ1v) is 12.5. The van der Waals surface area contributed by atoms with Gasteiger partial charge in [-0.05, 0) is 91.9 Å². The number of fused-ring (bicyclic) bond motifs is 9. The third-order valence-electron chi connectivity index (χ3n) is 10.4. The number of imidazole rings is 1. The maximum Gasteiger partial charge on any atom is 0.235 e. The SMILES string of the molecule is C#C[C@@]1(O)CC[C@H]2[C@@H]3CCC4=Cc5nc6nc7ccccc7n6cc5C[C@]4(C)[C@H]3CC[C@@]21C. The van der Waals surface area contributed by atoms with Gasteiger partial charge in [-0.3, -0.25) is 4.40 Å². The molecule has 4 heteroatoms. The molecule has 0 amide bonds. The number of para-hydroxylation sites is 2. The number of aromatic nitrogens is 3. The van der Waals surface area contributed by atoms with Gasteiger partial charge in [0.25, 0.3) is 0 Å². The zero-order chi connectivity index (χ0) is 22.6. The van der Waals surface area contributed by atoms with Gasteiger partial charge in [0.05, 0.1) is 16.7 Å². The highest BCUT2D eigenvalue weighted by Gasteiger charge is 2.63. The lowest BCUT2D eigenvalue weighted by Crippen LogP contribution is -2.54. The predicted molar refractivity (Wildman–Crippen MR) is 130 cm³/mol. The lowest BCUT2D eigenvalue weighted by molar-refractivity contribution is -0.0975. The van der Waals surface area contributed by atoms with E-state index in [-0.39, 0.29) is 10.8 Å². The van der Waals surface area contributed by atoms with Crippen molar-refractivity contribution in [3.8, 4) is 12.3 Å². The Hall–Kier alpha value is -2.64. The van der Waals surface area contributed by atoms with E-state index < -0.39 is 5.60 Å². The molecule has 1 aromatic carbocycles. The minimum atomic E-state index is -0.934. The van der Waals surface area contributed by atoms with Crippen LogP contribution in [0, 0.1) is 40.9 Å². The summed E-state index contributed by atoms with van der Waals surface area (Å²) in [5.74, 6) is 5.40. The largest absolute Gasteiger partial charge is 0.377 e. The first kappa shape index (κ1) is 19.8. The van der Waals surface area contributed by atoms with Crippen molar-refractivity contribution < 1.29 is 5.11 Å². The van der Waals surface area contributed by atoms with Crippen molar-refractivity contribution in [3.63, 3.8) is 0 Å². The van der Waals surface area contributed by atoms with E-state index in [9.17, 15) is 5.11 Å². The lowest BCUT2D eigenvalue weighted by Gasteiger charge is -2.58. The summed E-state index contributed by atoms with van der Waals surface area (Å²) >= 11 is 0. The zero-order valence-corrected chi connectivity index (χ0v) is 19.5. The number of allylic oxidation sites excluding steroid dienone is 1. The quantitative estimate of drug-likeness (QED) is 0.477. The van der Waals surface area contributed by atoms with Gasteiger partial charge in [-0.1, -0.05) is 37.5 Å². The molecule has 3 aromatic rings. The van der Waals surface area contributed by atoms with Gasteiger partial charge >= 0.3 is 0 Å². The standard InChI is InChI=1S/C29H31N3O/c1-4-29(33)14-12-22-20-10-9-19-15-24-18(16-27(19,2)21(20)11-13-28(22,29)3)17-32-25-8-6-5-7-23(25)30-26(32)31-24/h1,5-8,15,17,20-22,33H,9-14,16H2,2-3H3/t20-,21+,22+,27+,28+,29-/m1/s1. The zero-order valence-electron chi connectivity index (χ0n) is 19.5. The third-order valence-corrected chi connectivity index (χ3v) is 10.4. The second-order valence-electron chi connectivity index (χ2n) is 11.6. The fourth-order valence-electron chi connectivity index (χ4n) is 8.52. The monoisotopic (exact) mass is 437 g/mol. The molecule has 1 N–H and O–H groups in total. The number of terminal acetylenes is 1. The van der Waals surface area contributed by atoms with Crippen molar-refractivity contribution in [2.24, 2.45) is 28.6 Å². The van der Waals surface area contributed by atoms with Crippen molar-refractivity contribution in [1.82, 2.24) is 14.4 Å². The molecule has 33 heavy (non-hydrogen) atoms. The van der Waals surface area contributed by atoms with Crippen LogP contribution in [0.2, 0.25) is 0 Å². The third kappa shape index (κ3) is 2.37. The van der Waals surface area contributed by atoms with Crippen LogP contribution in [-0.2, 0) is 6.42 Å². The molecule has 3 fully saturated rings. The van der Waals surface area contributed by atoms with E-state index in [0.29, 0.717) is 17.8 Å². The van der Waals surface area contributed by atoms with Crippen LogP contribution in [0.25, 0.3) is 22.9 Å². The maximum atomic E-state index is 11.3. The van der Waals surface area contributed by atoms with Crippen LogP contribution in [0.15, 0.2) is 36.0 Å². The molecule has 4 aliphatic carbocycles. The van der Waals surface area contributed by atoms with Crippen molar-refractivity contribution in [1.29, 1.82) is 0 Å². The van der Waals surface area contributed by atoms with Crippen LogP contribution < -0.4 is 0 Å². The predicted octanol–water partition coefficient (Wildman–Crippen LogP) is 5.43. The molecule has 0 aliphatic heterocycles. The van der Waals surface area contributed by atoms with E-state index in [2.05, 4.69) is 54.6 Å². The van der Waals surface area contributed by atoms with Crippen LogP contribution in [0.1, 0.15) is 63.6 Å². The van der Waals surface area contributed by atoms with Gasteiger partial charge in [0.1, 0.15) is 5.60 Å². The summed E-state index contributed by atoms with van der Waals surface area (Å²) in [6.45, 7) is 4.77. The smallest absolute Gasteiger partial charge is 0.235 e. The van der Waals surface area contributed by atoms with Crippen LogP contribution >= 0.6 is 0 Å². The first-order chi connectivity index (χ1) is 15.9. The molecule has 0 radical (unpaired) electrons. The Morgan fingerprint density at radius 2 is 1.91 bits per heavy atom. The van der Waals surface area contributed by atoms with Gasteiger partial charge in [0.2, 0.25) is 5.78 Å². The number of hydrogen-bond acceptors (Lipinski definition) is 3. The Morgan fingerprint density at radius 3 is 2.76 bits per heavy atom. The Kier molecular flexibility index (Phi) is 3.76. The molecule has 7 rings (SSSR count). The van der Waals surface area contributed by atoms with Gasteiger partial charge in [-0.2, -0.15) is 0 Å². The topological polar surface area (TPSA) is 50.4 Å². The van der Waals surface area contributed by atoms with Crippen LogP contribution in [0.3, 0.4) is 0 Å². The van der Waals surface area contributed by atoms with Crippen molar-refractivity contribution in [2.75, 3.05) is 0 Å². The molecule has 0 bridgehead atoms. The first-order valence-electron chi connectivity index (χ1n) is 12.5. The molecule has 2 heterocycles. The molecule has 2 aromatic heterocycles. The van der Waals surface area contributed by atoms with E-state index in [1.807, 2.05) is 6.07 Å². The highest BCUT2D eigenvalue weighted by Crippen LogP contribution is 2.67. The van der Waals surface area contributed by atoms with Crippen LogP contribution in [0.5, 0.6) is 0 Å². The van der Waals surface area contributed by atoms with Crippen LogP contribution in [-0.4, -0.2) is 25.1 Å². The molecule has 4 nitrogen and oxygen atoms in total. The highest BCUT2D eigenvalue weighted by atomic mass is 16.3. The summed E-state index contributed by atoms with van der Waals surface area (Å²) in [6.07, 6.45) is 17.9. The lowest BCUT2D eigenvalue weighted by atomic mass is 9.46. The summed E-state index contributed by atoms with van der Waals surface area (Å²) < 4.78 is 2.17. The van der Waals surface area contributed by atoms with Crippen LogP contribution in [0.4, 0.5) is 0 Å². The van der Waals surface area contributed by atoms with Crippen molar-refractivity contribution >= 4 is 22.9 Å². The normalized spacial score (nSPS) is 39.3.